The Bertz CT molecular complexity index is 306. The van der Waals surface area contributed by atoms with E-state index in [0.717, 1.165) is 44.8 Å². The minimum atomic E-state index is 0.519. The highest BCUT2D eigenvalue weighted by Gasteiger charge is 2.02. The van der Waals surface area contributed by atoms with Crippen molar-refractivity contribution in [3.8, 4) is 0 Å². The first-order valence-electron chi connectivity index (χ1n) is 6.01. The minimum Gasteiger partial charge on any atom is -0.380 e. The highest BCUT2D eigenvalue weighted by atomic mass is 35.5. The van der Waals surface area contributed by atoms with E-state index in [2.05, 4.69) is 16.9 Å². The van der Waals surface area contributed by atoms with Crippen molar-refractivity contribution < 1.29 is 4.74 Å². The van der Waals surface area contributed by atoms with Gasteiger partial charge in [0.2, 0.25) is 0 Å². The fourth-order valence-electron chi connectivity index (χ4n) is 1.50. The van der Waals surface area contributed by atoms with Gasteiger partial charge in [0.15, 0.2) is 0 Å². The third-order valence-corrected chi connectivity index (χ3v) is 3.72. The van der Waals surface area contributed by atoms with Crippen molar-refractivity contribution in [2.45, 2.75) is 25.6 Å². The zero-order valence-electron chi connectivity index (χ0n) is 10.6. The maximum absolute atomic E-state index is 5.72. The zero-order valence-corrected chi connectivity index (χ0v) is 12.2. The van der Waals surface area contributed by atoms with Crippen molar-refractivity contribution in [1.29, 1.82) is 0 Å². The molecule has 3 nitrogen and oxygen atoms in total. The van der Waals surface area contributed by atoms with Gasteiger partial charge in [-0.3, -0.25) is 0 Å². The van der Waals surface area contributed by atoms with E-state index in [9.17, 15) is 0 Å². The van der Waals surface area contributed by atoms with Crippen LogP contribution in [0.1, 0.15) is 24.0 Å². The molecule has 0 radical (unpaired) electrons. The molecule has 98 valence electrons. The molecule has 0 saturated heterocycles. The molecule has 5 heteroatoms. The smallest absolute Gasteiger partial charge is 0.0929 e. The van der Waals surface area contributed by atoms with Gasteiger partial charge in [0, 0.05) is 25.0 Å². The molecule has 0 atom stereocenters. The Hall–Kier alpha value is -0.160. The number of halogens is 1. The summed E-state index contributed by atoms with van der Waals surface area (Å²) in [5.41, 5.74) is 0.997. The standard InChI is InChI=1S/C12H21ClN2OS/c1-3-16-8-7-15(2)6-4-5-12-14-11(9-13)10-17-12/h10H,3-9H2,1-2H3. The number of ether oxygens (including phenoxy) is 1. The van der Waals surface area contributed by atoms with Gasteiger partial charge in [-0.1, -0.05) is 0 Å². The second kappa shape index (κ2) is 8.86. The summed E-state index contributed by atoms with van der Waals surface area (Å²) in [5, 5.41) is 3.24. The van der Waals surface area contributed by atoms with Crippen molar-refractivity contribution in [2.24, 2.45) is 0 Å². The van der Waals surface area contributed by atoms with Crippen LogP contribution in [0, 0.1) is 0 Å². The average molecular weight is 277 g/mol. The highest BCUT2D eigenvalue weighted by Crippen LogP contribution is 2.13. The normalized spacial score (nSPS) is 11.3. The molecule has 0 aliphatic rings. The van der Waals surface area contributed by atoms with Gasteiger partial charge in [0.1, 0.15) is 0 Å². The molecule has 1 rings (SSSR count). The molecule has 0 spiro atoms. The fraction of sp³-hybridized carbons (Fsp3) is 0.750. The third-order valence-electron chi connectivity index (χ3n) is 2.49. The van der Waals surface area contributed by atoms with Gasteiger partial charge in [-0.15, -0.1) is 22.9 Å². The van der Waals surface area contributed by atoms with Crippen LogP contribution < -0.4 is 0 Å². The van der Waals surface area contributed by atoms with Crippen LogP contribution in [0.5, 0.6) is 0 Å². The summed E-state index contributed by atoms with van der Waals surface area (Å²) >= 11 is 7.43. The number of hydrogen-bond acceptors (Lipinski definition) is 4. The molecule has 1 aromatic rings. The highest BCUT2D eigenvalue weighted by molar-refractivity contribution is 7.09. The lowest BCUT2D eigenvalue weighted by Gasteiger charge is -2.15. The van der Waals surface area contributed by atoms with Gasteiger partial charge in [-0.05, 0) is 26.9 Å². The van der Waals surface area contributed by atoms with Crippen molar-refractivity contribution in [2.75, 3.05) is 33.4 Å². The quantitative estimate of drug-likeness (QED) is 0.512. The number of alkyl halides is 1. The molecule has 0 saturated carbocycles. The lowest BCUT2D eigenvalue weighted by Crippen LogP contribution is -2.24. The maximum atomic E-state index is 5.72. The Balaban J connectivity index is 2.10. The molecule has 0 aliphatic carbocycles. The average Bonchev–Trinajstić information content (AvgIpc) is 2.77. The van der Waals surface area contributed by atoms with Gasteiger partial charge >= 0.3 is 0 Å². The van der Waals surface area contributed by atoms with Crippen LogP contribution in [0.2, 0.25) is 0 Å². The summed E-state index contributed by atoms with van der Waals surface area (Å²) in [7, 11) is 2.13. The SMILES string of the molecule is CCOCCN(C)CCCc1nc(CCl)cs1. The molecular weight excluding hydrogens is 256 g/mol. The van der Waals surface area contributed by atoms with Crippen molar-refractivity contribution in [3.05, 3.63) is 16.1 Å². The van der Waals surface area contributed by atoms with Crippen LogP contribution in [0.25, 0.3) is 0 Å². The monoisotopic (exact) mass is 276 g/mol. The lowest BCUT2D eigenvalue weighted by molar-refractivity contribution is 0.122. The summed E-state index contributed by atoms with van der Waals surface area (Å²) in [5.74, 6) is 0.519. The van der Waals surface area contributed by atoms with E-state index < -0.39 is 0 Å². The predicted octanol–water partition coefficient (Wildman–Crippen LogP) is 2.78. The third kappa shape index (κ3) is 6.36. The van der Waals surface area contributed by atoms with Gasteiger partial charge in [0.25, 0.3) is 0 Å². The molecule has 0 fully saturated rings. The Kier molecular flexibility index (Phi) is 7.77. The van der Waals surface area contributed by atoms with Gasteiger partial charge in [-0.25, -0.2) is 4.98 Å². The predicted molar refractivity (Wildman–Crippen MR) is 74.0 cm³/mol. The number of likely N-dealkylation sites (N-methyl/N-ethyl adjacent to an activating group) is 1. The number of thiazole rings is 1. The Morgan fingerprint density at radius 1 is 1.47 bits per heavy atom. The summed E-state index contributed by atoms with van der Waals surface area (Å²) in [6.45, 7) is 5.73. The first-order valence-corrected chi connectivity index (χ1v) is 7.43. The van der Waals surface area contributed by atoms with E-state index in [0.29, 0.717) is 5.88 Å². The van der Waals surface area contributed by atoms with E-state index in [1.165, 1.54) is 5.01 Å². The van der Waals surface area contributed by atoms with Crippen molar-refractivity contribution in [1.82, 2.24) is 9.88 Å². The van der Waals surface area contributed by atoms with E-state index >= 15 is 0 Å². The van der Waals surface area contributed by atoms with E-state index in [-0.39, 0.29) is 0 Å². The van der Waals surface area contributed by atoms with Gasteiger partial charge < -0.3 is 9.64 Å². The number of hydrogen-bond donors (Lipinski definition) is 0. The van der Waals surface area contributed by atoms with Crippen LogP contribution in [-0.4, -0.2) is 43.2 Å². The molecule has 0 N–H and O–H groups in total. The fourth-order valence-corrected chi connectivity index (χ4v) is 2.57. The summed E-state index contributed by atoms with van der Waals surface area (Å²) in [6, 6.07) is 0. The topological polar surface area (TPSA) is 25.4 Å². The number of aromatic nitrogens is 1. The molecule has 0 aliphatic heterocycles. The molecule has 1 aromatic heterocycles. The Morgan fingerprint density at radius 2 is 2.29 bits per heavy atom. The van der Waals surface area contributed by atoms with Gasteiger partial charge in [-0.2, -0.15) is 0 Å². The molecule has 0 aromatic carbocycles. The van der Waals surface area contributed by atoms with E-state index in [1.807, 2.05) is 12.3 Å². The summed E-state index contributed by atoms with van der Waals surface area (Å²) < 4.78 is 5.32. The Labute approximate surface area is 113 Å². The van der Waals surface area contributed by atoms with E-state index in [1.54, 1.807) is 11.3 Å². The molecule has 0 unspecified atom stereocenters. The lowest BCUT2D eigenvalue weighted by atomic mass is 10.3. The number of nitrogens with zero attached hydrogens (tertiary/aromatic N) is 2. The van der Waals surface area contributed by atoms with Crippen LogP contribution in [-0.2, 0) is 17.0 Å². The Morgan fingerprint density at radius 3 is 2.94 bits per heavy atom. The van der Waals surface area contributed by atoms with Crippen molar-refractivity contribution in [3.63, 3.8) is 0 Å². The molecular formula is C12H21ClN2OS. The first kappa shape index (κ1) is 14.9. The molecule has 0 amide bonds. The van der Waals surface area contributed by atoms with Crippen LogP contribution >= 0.6 is 22.9 Å². The van der Waals surface area contributed by atoms with Crippen LogP contribution in [0.4, 0.5) is 0 Å². The summed E-state index contributed by atoms with van der Waals surface area (Å²) in [6.07, 6.45) is 2.18. The number of rotatable bonds is 9. The molecule has 17 heavy (non-hydrogen) atoms. The second-order valence-electron chi connectivity index (χ2n) is 3.97. The van der Waals surface area contributed by atoms with Crippen molar-refractivity contribution >= 4 is 22.9 Å². The number of aryl methyl sites for hydroxylation is 1. The molecule has 1 heterocycles. The summed E-state index contributed by atoms with van der Waals surface area (Å²) in [4.78, 5) is 6.74. The van der Waals surface area contributed by atoms with Crippen LogP contribution in [0.3, 0.4) is 0 Å². The maximum Gasteiger partial charge on any atom is 0.0929 e. The minimum absolute atomic E-state index is 0.519. The molecule has 0 bridgehead atoms. The van der Waals surface area contributed by atoms with Crippen LogP contribution in [0.15, 0.2) is 5.38 Å². The van der Waals surface area contributed by atoms with E-state index in [4.69, 9.17) is 16.3 Å². The second-order valence-corrected chi connectivity index (χ2v) is 5.18. The zero-order chi connectivity index (χ0) is 12.5. The largest absolute Gasteiger partial charge is 0.380 e. The van der Waals surface area contributed by atoms with Gasteiger partial charge in [0.05, 0.1) is 23.2 Å². The first-order chi connectivity index (χ1) is 8.26.